The number of hydrogen-bond donors (Lipinski definition) is 0. The number of benzene rings is 2. The summed E-state index contributed by atoms with van der Waals surface area (Å²) in [5.74, 6) is -0.561. The SMILES string of the molecule is COC(=O)c1cccc(S(=O)(=O)N2CCC(n3nnc4cc(C)ccc43)CC2)c1. The maximum absolute atomic E-state index is 13.0. The second kappa shape index (κ2) is 7.57. The van der Waals surface area contributed by atoms with Crippen LogP contribution in [0.25, 0.3) is 11.0 Å². The van der Waals surface area contributed by atoms with Gasteiger partial charge in [0.05, 0.1) is 29.1 Å². The van der Waals surface area contributed by atoms with Crippen molar-refractivity contribution in [2.75, 3.05) is 20.2 Å². The summed E-state index contributed by atoms with van der Waals surface area (Å²) >= 11 is 0. The van der Waals surface area contributed by atoms with Crippen molar-refractivity contribution >= 4 is 27.0 Å². The number of methoxy groups -OCH3 is 1. The van der Waals surface area contributed by atoms with Gasteiger partial charge in [0.15, 0.2) is 0 Å². The van der Waals surface area contributed by atoms with Gasteiger partial charge < -0.3 is 4.74 Å². The van der Waals surface area contributed by atoms with E-state index in [2.05, 4.69) is 15.0 Å². The number of sulfonamides is 1. The van der Waals surface area contributed by atoms with Gasteiger partial charge in [0.2, 0.25) is 10.0 Å². The number of aryl methyl sites for hydroxylation is 1. The van der Waals surface area contributed by atoms with Crippen molar-refractivity contribution in [1.29, 1.82) is 0 Å². The molecule has 0 N–H and O–H groups in total. The quantitative estimate of drug-likeness (QED) is 0.609. The van der Waals surface area contributed by atoms with Gasteiger partial charge in [0.1, 0.15) is 5.52 Å². The Morgan fingerprint density at radius 2 is 1.90 bits per heavy atom. The van der Waals surface area contributed by atoms with E-state index in [0.717, 1.165) is 16.6 Å². The smallest absolute Gasteiger partial charge is 0.337 e. The zero-order valence-corrected chi connectivity index (χ0v) is 17.1. The van der Waals surface area contributed by atoms with Gasteiger partial charge in [-0.1, -0.05) is 17.3 Å². The van der Waals surface area contributed by atoms with E-state index in [9.17, 15) is 13.2 Å². The lowest BCUT2D eigenvalue weighted by atomic mass is 10.1. The van der Waals surface area contributed by atoms with Gasteiger partial charge in [0, 0.05) is 13.1 Å². The Hall–Kier alpha value is -2.78. The summed E-state index contributed by atoms with van der Waals surface area (Å²) in [4.78, 5) is 11.8. The van der Waals surface area contributed by atoms with Crippen LogP contribution in [0.2, 0.25) is 0 Å². The van der Waals surface area contributed by atoms with E-state index >= 15 is 0 Å². The summed E-state index contributed by atoms with van der Waals surface area (Å²) < 4.78 is 34.1. The third-order valence-corrected chi connectivity index (χ3v) is 7.18. The molecule has 0 atom stereocenters. The minimum absolute atomic E-state index is 0.0931. The molecule has 0 amide bonds. The molecule has 0 bridgehead atoms. The van der Waals surface area contributed by atoms with Crippen LogP contribution in [-0.4, -0.2) is 53.9 Å². The third kappa shape index (κ3) is 3.63. The average Bonchev–Trinajstić information content (AvgIpc) is 3.16. The van der Waals surface area contributed by atoms with Crippen LogP contribution < -0.4 is 0 Å². The number of nitrogens with zero attached hydrogens (tertiary/aromatic N) is 4. The van der Waals surface area contributed by atoms with Crippen LogP contribution in [0.1, 0.15) is 34.8 Å². The van der Waals surface area contributed by atoms with Crippen LogP contribution in [-0.2, 0) is 14.8 Å². The van der Waals surface area contributed by atoms with Crippen molar-refractivity contribution in [1.82, 2.24) is 19.3 Å². The van der Waals surface area contributed by atoms with Gasteiger partial charge >= 0.3 is 5.97 Å². The fourth-order valence-electron chi connectivity index (χ4n) is 3.70. The number of carbonyl (C=O) groups excluding carboxylic acids is 1. The van der Waals surface area contributed by atoms with Crippen molar-refractivity contribution in [3.05, 3.63) is 53.6 Å². The average molecular weight is 414 g/mol. The summed E-state index contributed by atoms with van der Waals surface area (Å²) in [6, 6.07) is 12.1. The van der Waals surface area contributed by atoms with E-state index < -0.39 is 16.0 Å². The molecule has 0 radical (unpaired) electrons. The number of aromatic nitrogens is 3. The first-order valence-electron chi connectivity index (χ1n) is 9.40. The first kappa shape index (κ1) is 19.5. The molecule has 8 nitrogen and oxygen atoms in total. The molecule has 9 heteroatoms. The first-order valence-corrected chi connectivity index (χ1v) is 10.8. The zero-order chi connectivity index (χ0) is 20.6. The van der Waals surface area contributed by atoms with Crippen LogP contribution in [0.5, 0.6) is 0 Å². The lowest BCUT2D eigenvalue weighted by Gasteiger charge is -2.31. The first-order chi connectivity index (χ1) is 13.9. The van der Waals surface area contributed by atoms with E-state index in [4.69, 9.17) is 0 Å². The maximum Gasteiger partial charge on any atom is 0.337 e. The molecule has 0 saturated carbocycles. The Morgan fingerprint density at radius 1 is 1.14 bits per heavy atom. The van der Waals surface area contributed by atoms with Gasteiger partial charge in [-0.25, -0.2) is 17.9 Å². The molecule has 1 aliphatic heterocycles. The molecule has 0 unspecified atom stereocenters. The fraction of sp³-hybridized carbons (Fsp3) is 0.350. The molecule has 2 aromatic carbocycles. The summed E-state index contributed by atoms with van der Waals surface area (Å²) in [6.45, 7) is 2.77. The summed E-state index contributed by atoms with van der Waals surface area (Å²) in [7, 11) is -2.42. The van der Waals surface area contributed by atoms with Gasteiger partial charge in [-0.15, -0.1) is 5.10 Å². The molecule has 3 aromatic rings. The lowest BCUT2D eigenvalue weighted by molar-refractivity contribution is 0.0600. The Morgan fingerprint density at radius 3 is 2.62 bits per heavy atom. The highest BCUT2D eigenvalue weighted by Gasteiger charge is 2.31. The van der Waals surface area contributed by atoms with E-state index in [1.807, 2.05) is 29.8 Å². The number of piperidine rings is 1. The number of rotatable bonds is 4. The van der Waals surface area contributed by atoms with Crippen LogP contribution >= 0.6 is 0 Å². The molecular formula is C20H22N4O4S. The predicted octanol–water partition coefficient (Wildman–Crippen LogP) is 2.55. The van der Waals surface area contributed by atoms with E-state index in [0.29, 0.717) is 25.9 Å². The Bertz CT molecular complexity index is 1160. The highest BCUT2D eigenvalue weighted by molar-refractivity contribution is 7.89. The number of carbonyl (C=O) groups is 1. The Balaban J connectivity index is 1.52. The second-order valence-corrected chi connectivity index (χ2v) is 9.12. The summed E-state index contributed by atoms with van der Waals surface area (Å²) in [5, 5.41) is 8.53. The van der Waals surface area contributed by atoms with Crippen LogP contribution in [0.3, 0.4) is 0 Å². The molecule has 1 aromatic heterocycles. The lowest BCUT2D eigenvalue weighted by Crippen LogP contribution is -2.39. The molecule has 1 aliphatic rings. The Kier molecular flexibility index (Phi) is 5.10. The minimum atomic E-state index is -3.69. The molecule has 29 heavy (non-hydrogen) atoms. The second-order valence-electron chi connectivity index (χ2n) is 7.18. The zero-order valence-electron chi connectivity index (χ0n) is 16.3. The van der Waals surface area contributed by atoms with Crippen molar-refractivity contribution in [3.63, 3.8) is 0 Å². The van der Waals surface area contributed by atoms with Crippen molar-refractivity contribution < 1.29 is 17.9 Å². The van der Waals surface area contributed by atoms with E-state index in [1.165, 1.54) is 29.6 Å². The standard InChI is InChI=1S/C20H22N4O4S/c1-14-6-7-19-18(12-14)21-22-24(19)16-8-10-23(11-9-16)29(26,27)17-5-3-4-15(13-17)20(25)28-2/h3-7,12-13,16H,8-11H2,1-2H3. The molecule has 4 rings (SSSR count). The molecule has 0 spiro atoms. The molecule has 2 heterocycles. The summed E-state index contributed by atoms with van der Waals surface area (Å²) in [6.07, 6.45) is 1.28. The third-order valence-electron chi connectivity index (χ3n) is 5.29. The largest absolute Gasteiger partial charge is 0.465 e. The fourth-order valence-corrected chi connectivity index (χ4v) is 5.22. The van der Waals surface area contributed by atoms with Crippen LogP contribution in [0, 0.1) is 6.92 Å². The number of hydrogen-bond acceptors (Lipinski definition) is 6. The molecule has 0 aliphatic carbocycles. The molecule has 1 fully saturated rings. The minimum Gasteiger partial charge on any atom is -0.465 e. The van der Waals surface area contributed by atoms with E-state index in [1.54, 1.807) is 6.07 Å². The molecule has 152 valence electrons. The van der Waals surface area contributed by atoms with Crippen LogP contribution in [0.4, 0.5) is 0 Å². The number of fused-ring (bicyclic) bond motifs is 1. The monoisotopic (exact) mass is 414 g/mol. The van der Waals surface area contributed by atoms with Crippen molar-refractivity contribution in [2.45, 2.75) is 30.7 Å². The maximum atomic E-state index is 13.0. The number of esters is 1. The van der Waals surface area contributed by atoms with Gasteiger partial charge in [0.25, 0.3) is 0 Å². The summed E-state index contributed by atoms with van der Waals surface area (Å²) in [5.41, 5.74) is 3.15. The van der Waals surface area contributed by atoms with Gasteiger partial charge in [-0.2, -0.15) is 4.31 Å². The highest BCUT2D eigenvalue weighted by Crippen LogP contribution is 2.29. The predicted molar refractivity (Wildman–Crippen MR) is 107 cm³/mol. The Labute approximate surface area is 169 Å². The van der Waals surface area contributed by atoms with Gasteiger partial charge in [-0.05, 0) is 55.7 Å². The number of ether oxygens (including phenoxy) is 1. The molecule has 1 saturated heterocycles. The molecular weight excluding hydrogens is 392 g/mol. The highest BCUT2D eigenvalue weighted by atomic mass is 32.2. The van der Waals surface area contributed by atoms with Crippen molar-refractivity contribution in [3.8, 4) is 0 Å². The van der Waals surface area contributed by atoms with Crippen molar-refractivity contribution in [2.24, 2.45) is 0 Å². The van der Waals surface area contributed by atoms with E-state index in [-0.39, 0.29) is 16.5 Å². The topological polar surface area (TPSA) is 94.4 Å². The normalized spacial score (nSPS) is 16.2. The van der Waals surface area contributed by atoms with Crippen LogP contribution in [0.15, 0.2) is 47.4 Å². The van der Waals surface area contributed by atoms with Gasteiger partial charge in [-0.3, -0.25) is 0 Å².